The molecule has 0 spiro atoms. The van der Waals surface area contributed by atoms with E-state index in [1.165, 1.54) is 11.3 Å². The first kappa shape index (κ1) is 17.2. The maximum Gasteiger partial charge on any atom is 0.115 e. The van der Waals surface area contributed by atoms with Crippen molar-refractivity contribution in [2.75, 3.05) is 19.0 Å². The smallest absolute Gasteiger partial charge is 0.115 e. The van der Waals surface area contributed by atoms with Gasteiger partial charge in [0, 0.05) is 19.8 Å². The molecule has 0 radical (unpaired) electrons. The summed E-state index contributed by atoms with van der Waals surface area (Å²) in [6.45, 7) is 0. The van der Waals surface area contributed by atoms with Crippen LogP contribution >= 0.6 is 0 Å². The molecule has 0 atom stereocenters. The Labute approximate surface area is 150 Å². The SMILES string of the molecule is CN(C)c1ccccc1CCC(O)(c1ccccc1)c1ccccc1. The van der Waals surface area contributed by atoms with Crippen molar-refractivity contribution in [3.8, 4) is 0 Å². The van der Waals surface area contributed by atoms with E-state index < -0.39 is 5.60 Å². The fourth-order valence-electron chi connectivity index (χ4n) is 3.36. The molecule has 0 unspecified atom stereocenters. The average Bonchev–Trinajstić information content (AvgIpc) is 2.67. The van der Waals surface area contributed by atoms with Gasteiger partial charge in [0.1, 0.15) is 5.60 Å². The quantitative estimate of drug-likeness (QED) is 0.712. The molecule has 0 saturated heterocycles. The van der Waals surface area contributed by atoms with E-state index in [1.54, 1.807) is 0 Å². The molecular weight excluding hydrogens is 306 g/mol. The van der Waals surface area contributed by atoms with Gasteiger partial charge in [-0.1, -0.05) is 78.9 Å². The molecule has 0 aromatic heterocycles. The number of benzene rings is 3. The van der Waals surface area contributed by atoms with Crippen LogP contribution in [0.15, 0.2) is 84.9 Å². The lowest BCUT2D eigenvalue weighted by Gasteiger charge is -2.30. The Morgan fingerprint density at radius 3 is 1.72 bits per heavy atom. The molecule has 128 valence electrons. The minimum absolute atomic E-state index is 0.631. The Kier molecular flexibility index (Phi) is 5.20. The number of aliphatic hydroxyl groups is 1. The zero-order chi connectivity index (χ0) is 17.7. The second kappa shape index (κ2) is 7.54. The normalized spacial score (nSPS) is 11.3. The molecule has 0 fully saturated rings. The van der Waals surface area contributed by atoms with Gasteiger partial charge in [0.05, 0.1) is 0 Å². The minimum atomic E-state index is -0.998. The van der Waals surface area contributed by atoms with Crippen LogP contribution in [0.4, 0.5) is 5.69 Å². The maximum absolute atomic E-state index is 11.6. The molecule has 0 bridgehead atoms. The highest BCUT2D eigenvalue weighted by atomic mass is 16.3. The monoisotopic (exact) mass is 331 g/mol. The summed E-state index contributed by atoms with van der Waals surface area (Å²) in [6, 6.07) is 28.3. The summed E-state index contributed by atoms with van der Waals surface area (Å²) in [5, 5.41) is 11.6. The first-order valence-corrected chi connectivity index (χ1v) is 8.70. The summed E-state index contributed by atoms with van der Waals surface area (Å²) >= 11 is 0. The second-order valence-corrected chi connectivity index (χ2v) is 6.62. The van der Waals surface area contributed by atoms with Crippen LogP contribution in [0, 0.1) is 0 Å². The molecule has 3 aromatic carbocycles. The summed E-state index contributed by atoms with van der Waals surface area (Å²) in [6.07, 6.45) is 1.43. The van der Waals surface area contributed by atoms with Crippen LogP contribution in [-0.2, 0) is 12.0 Å². The number of hydrogen-bond acceptors (Lipinski definition) is 2. The Hall–Kier alpha value is -2.58. The molecule has 2 nitrogen and oxygen atoms in total. The number of anilines is 1. The third-order valence-electron chi connectivity index (χ3n) is 4.73. The number of rotatable bonds is 6. The van der Waals surface area contributed by atoms with E-state index in [4.69, 9.17) is 0 Å². The summed E-state index contributed by atoms with van der Waals surface area (Å²) in [5.74, 6) is 0. The first-order valence-electron chi connectivity index (χ1n) is 8.70. The largest absolute Gasteiger partial charge is 0.380 e. The summed E-state index contributed by atoms with van der Waals surface area (Å²) in [4.78, 5) is 2.12. The van der Waals surface area contributed by atoms with E-state index in [9.17, 15) is 5.11 Å². The molecule has 0 aliphatic heterocycles. The molecule has 25 heavy (non-hydrogen) atoms. The van der Waals surface area contributed by atoms with E-state index >= 15 is 0 Å². The molecule has 1 N–H and O–H groups in total. The van der Waals surface area contributed by atoms with Crippen molar-refractivity contribution in [2.45, 2.75) is 18.4 Å². The Bertz CT molecular complexity index is 757. The average molecular weight is 331 g/mol. The van der Waals surface area contributed by atoms with Crippen LogP contribution in [0.25, 0.3) is 0 Å². The molecule has 0 heterocycles. The van der Waals surface area contributed by atoms with Crippen LogP contribution < -0.4 is 4.90 Å². The predicted octanol–water partition coefficient (Wildman–Crippen LogP) is 4.62. The van der Waals surface area contributed by atoms with Crippen molar-refractivity contribution < 1.29 is 5.11 Å². The van der Waals surface area contributed by atoms with Crippen LogP contribution in [0.3, 0.4) is 0 Å². The van der Waals surface area contributed by atoms with Gasteiger partial charge in [-0.25, -0.2) is 0 Å². The predicted molar refractivity (Wildman–Crippen MR) is 105 cm³/mol. The Morgan fingerprint density at radius 2 is 1.20 bits per heavy atom. The van der Waals surface area contributed by atoms with Crippen molar-refractivity contribution in [3.63, 3.8) is 0 Å². The van der Waals surface area contributed by atoms with Gasteiger partial charge in [-0.15, -0.1) is 0 Å². The van der Waals surface area contributed by atoms with Gasteiger partial charge in [-0.3, -0.25) is 0 Å². The zero-order valence-electron chi connectivity index (χ0n) is 14.9. The van der Waals surface area contributed by atoms with E-state index in [0.29, 0.717) is 6.42 Å². The van der Waals surface area contributed by atoms with Crippen molar-refractivity contribution in [2.24, 2.45) is 0 Å². The lowest BCUT2D eigenvalue weighted by Crippen LogP contribution is -2.28. The standard InChI is InChI=1S/C23H25NO/c1-24(2)22-16-10-9-11-19(22)17-18-23(25,20-12-5-3-6-13-20)21-14-7-4-8-15-21/h3-16,25H,17-18H2,1-2H3. The van der Waals surface area contributed by atoms with Crippen LogP contribution in [-0.4, -0.2) is 19.2 Å². The van der Waals surface area contributed by atoms with Gasteiger partial charge in [-0.05, 0) is 35.6 Å². The molecule has 3 rings (SSSR count). The van der Waals surface area contributed by atoms with Crippen LogP contribution in [0.1, 0.15) is 23.1 Å². The fraction of sp³-hybridized carbons (Fsp3) is 0.217. The highest BCUT2D eigenvalue weighted by Gasteiger charge is 2.31. The van der Waals surface area contributed by atoms with Gasteiger partial charge in [0.2, 0.25) is 0 Å². The van der Waals surface area contributed by atoms with Crippen molar-refractivity contribution in [1.82, 2.24) is 0 Å². The Morgan fingerprint density at radius 1 is 0.720 bits per heavy atom. The third kappa shape index (κ3) is 3.75. The lowest BCUT2D eigenvalue weighted by atomic mass is 9.81. The second-order valence-electron chi connectivity index (χ2n) is 6.62. The lowest BCUT2D eigenvalue weighted by molar-refractivity contribution is 0.0713. The minimum Gasteiger partial charge on any atom is -0.380 e. The Balaban J connectivity index is 1.95. The summed E-state index contributed by atoms with van der Waals surface area (Å²) in [7, 11) is 4.11. The van der Waals surface area contributed by atoms with Gasteiger partial charge in [0.15, 0.2) is 0 Å². The summed E-state index contributed by atoms with van der Waals surface area (Å²) in [5.41, 5.74) is 3.32. The number of aryl methyl sites for hydroxylation is 1. The van der Waals surface area contributed by atoms with Crippen molar-refractivity contribution in [3.05, 3.63) is 102 Å². The molecular formula is C23H25NO. The van der Waals surface area contributed by atoms with E-state index in [0.717, 1.165) is 17.5 Å². The molecule has 0 aliphatic carbocycles. The number of para-hydroxylation sites is 1. The van der Waals surface area contributed by atoms with Crippen LogP contribution in [0.5, 0.6) is 0 Å². The molecule has 3 aromatic rings. The number of nitrogens with zero attached hydrogens (tertiary/aromatic N) is 1. The molecule has 2 heteroatoms. The van der Waals surface area contributed by atoms with Gasteiger partial charge in [0.25, 0.3) is 0 Å². The van der Waals surface area contributed by atoms with E-state index in [-0.39, 0.29) is 0 Å². The van der Waals surface area contributed by atoms with Crippen LogP contribution in [0.2, 0.25) is 0 Å². The topological polar surface area (TPSA) is 23.5 Å². The van der Waals surface area contributed by atoms with E-state index in [2.05, 4.69) is 43.3 Å². The summed E-state index contributed by atoms with van der Waals surface area (Å²) < 4.78 is 0. The maximum atomic E-state index is 11.6. The number of hydrogen-bond donors (Lipinski definition) is 1. The van der Waals surface area contributed by atoms with Crippen molar-refractivity contribution in [1.29, 1.82) is 0 Å². The molecule has 0 saturated carbocycles. The molecule has 0 amide bonds. The van der Waals surface area contributed by atoms with Gasteiger partial charge < -0.3 is 10.0 Å². The van der Waals surface area contributed by atoms with Gasteiger partial charge in [-0.2, -0.15) is 0 Å². The van der Waals surface area contributed by atoms with Gasteiger partial charge >= 0.3 is 0 Å². The highest BCUT2D eigenvalue weighted by molar-refractivity contribution is 5.52. The fourth-order valence-corrected chi connectivity index (χ4v) is 3.36. The molecule has 0 aliphatic rings. The third-order valence-corrected chi connectivity index (χ3v) is 4.73. The zero-order valence-corrected chi connectivity index (χ0v) is 14.9. The van der Waals surface area contributed by atoms with E-state index in [1.807, 2.05) is 60.7 Å². The highest BCUT2D eigenvalue weighted by Crippen LogP contribution is 2.35. The van der Waals surface area contributed by atoms with Crippen molar-refractivity contribution >= 4 is 5.69 Å². The first-order chi connectivity index (χ1) is 12.1.